The highest BCUT2D eigenvalue weighted by Gasteiger charge is 2.27. The molecule has 1 atom stereocenters. The molecule has 10 heavy (non-hydrogen) atoms. The molecular formula is C6H9NO3. The fourth-order valence-electron chi connectivity index (χ4n) is 0.971. The van der Waals surface area contributed by atoms with Crippen molar-refractivity contribution in [3.8, 4) is 0 Å². The smallest absolute Gasteiger partial charge is 0.315 e. The van der Waals surface area contributed by atoms with Crippen molar-refractivity contribution < 1.29 is 14.7 Å². The Morgan fingerprint density at radius 2 is 2.40 bits per heavy atom. The zero-order valence-electron chi connectivity index (χ0n) is 5.46. The molecule has 0 aromatic heterocycles. The van der Waals surface area contributed by atoms with Gasteiger partial charge in [-0.25, -0.2) is 0 Å². The molecule has 1 rings (SSSR count). The van der Waals surface area contributed by atoms with Gasteiger partial charge in [0.2, 0.25) is 0 Å². The molecule has 1 saturated heterocycles. The van der Waals surface area contributed by atoms with Crippen LogP contribution in [-0.2, 0) is 9.59 Å². The maximum absolute atomic E-state index is 10.8. The van der Waals surface area contributed by atoms with Gasteiger partial charge in [-0.05, 0) is 0 Å². The molecule has 4 heteroatoms. The van der Waals surface area contributed by atoms with E-state index in [9.17, 15) is 9.59 Å². The first-order valence-corrected chi connectivity index (χ1v) is 3.18. The fraction of sp³-hybridized carbons (Fsp3) is 0.667. The van der Waals surface area contributed by atoms with Crippen LogP contribution in [0.1, 0.15) is 6.42 Å². The van der Waals surface area contributed by atoms with Gasteiger partial charge in [-0.3, -0.25) is 9.59 Å². The summed E-state index contributed by atoms with van der Waals surface area (Å²) in [5.74, 6) is -1.99. The quantitative estimate of drug-likeness (QED) is 0.474. The van der Waals surface area contributed by atoms with Gasteiger partial charge in [-0.15, -0.1) is 0 Å². The van der Waals surface area contributed by atoms with Crippen molar-refractivity contribution in [2.45, 2.75) is 6.42 Å². The summed E-state index contributed by atoms with van der Waals surface area (Å²) in [6.45, 7) is 0.900. The molecule has 0 aromatic rings. The summed E-state index contributed by atoms with van der Waals surface area (Å²) in [7, 11) is 0. The number of nitrogens with one attached hydrogen (secondary N) is 1. The van der Waals surface area contributed by atoms with Crippen LogP contribution in [0.3, 0.4) is 0 Å². The van der Waals surface area contributed by atoms with E-state index in [4.69, 9.17) is 5.11 Å². The first kappa shape index (κ1) is 7.21. The van der Waals surface area contributed by atoms with Gasteiger partial charge < -0.3 is 10.4 Å². The molecule has 0 bridgehead atoms. The summed E-state index contributed by atoms with van der Waals surface area (Å²) in [5, 5.41) is 11.3. The minimum atomic E-state index is -1.02. The summed E-state index contributed by atoms with van der Waals surface area (Å²) < 4.78 is 0. The molecule has 0 unspecified atom stereocenters. The Morgan fingerprint density at radius 3 is 2.80 bits per heavy atom. The summed E-state index contributed by atoms with van der Waals surface area (Å²) in [4.78, 5) is 21.1. The Bertz CT molecular complexity index is 166. The van der Waals surface area contributed by atoms with E-state index in [1.54, 1.807) is 0 Å². The van der Waals surface area contributed by atoms with Crippen molar-refractivity contribution in [2.24, 2.45) is 5.92 Å². The number of carboxylic acids is 1. The number of Topliss-reactive ketones (excluding diaryl/α,β-unsaturated/α-hetero) is 1. The number of ketones is 1. The standard InChI is InChI=1S/C6H9NO3/c8-5-1-2-7-3-4(5)6(9)10/h4,7H,1-3H2,(H,9,10)/t4-/m1/s1. The Balaban J connectivity index is 2.56. The first-order valence-electron chi connectivity index (χ1n) is 3.18. The number of carbonyl (C=O) groups excluding carboxylic acids is 1. The monoisotopic (exact) mass is 143 g/mol. The number of carboxylic acid groups (broad SMARTS) is 1. The second-order valence-electron chi connectivity index (χ2n) is 2.31. The molecule has 0 aliphatic carbocycles. The van der Waals surface area contributed by atoms with Crippen LogP contribution < -0.4 is 5.32 Å². The van der Waals surface area contributed by atoms with Crippen molar-refractivity contribution in [1.82, 2.24) is 5.32 Å². The highest BCUT2D eigenvalue weighted by Crippen LogP contribution is 2.04. The third kappa shape index (κ3) is 1.33. The van der Waals surface area contributed by atoms with Gasteiger partial charge in [0.15, 0.2) is 0 Å². The number of piperidine rings is 1. The second-order valence-corrected chi connectivity index (χ2v) is 2.31. The molecule has 0 saturated carbocycles. The number of hydrogen-bond acceptors (Lipinski definition) is 3. The van der Waals surface area contributed by atoms with Crippen molar-refractivity contribution in [1.29, 1.82) is 0 Å². The maximum atomic E-state index is 10.8. The van der Waals surface area contributed by atoms with E-state index in [-0.39, 0.29) is 12.3 Å². The lowest BCUT2D eigenvalue weighted by molar-refractivity contribution is -0.146. The lowest BCUT2D eigenvalue weighted by atomic mass is 9.99. The molecule has 1 aliphatic rings. The predicted octanol–water partition coefficient (Wildman–Crippen LogP) is -0.750. The molecule has 2 N–H and O–H groups in total. The SMILES string of the molecule is O=C(O)[C@@H]1CNCCC1=O. The second kappa shape index (κ2) is 2.79. The molecule has 0 spiro atoms. The normalized spacial score (nSPS) is 26.4. The first-order chi connectivity index (χ1) is 4.72. The third-order valence-corrected chi connectivity index (χ3v) is 1.58. The largest absolute Gasteiger partial charge is 0.481 e. The minimum absolute atomic E-state index is 0.161. The predicted molar refractivity (Wildman–Crippen MR) is 33.6 cm³/mol. The molecular weight excluding hydrogens is 134 g/mol. The van der Waals surface area contributed by atoms with Gasteiger partial charge in [-0.1, -0.05) is 0 Å². The van der Waals surface area contributed by atoms with Gasteiger partial charge in [0.25, 0.3) is 0 Å². The molecule has 1 fully saturated rings. The molecule has 4 nitrogen and oxygen atoms in total. The van der Waals surface area contributed by atoms with Crippen molar-refractivity contribution in [3.63, 3.8) is 0 Å². The third-order valence-electron chi connectivity index (χ3n) is 1.58. The maximum Gasteiger partial charge on any atom is 0.315 e. The molecule has 0 aromatic carbocycles. The van der Waals surface area contributed by atoms with E-state index >= 15 is 0 Å². The number of aliphatic carboxylic acids is 1. The zero-order chi connectivity index (χ0) is 7.56. The van der Waals surface area contributed by atoms with Crippen LogP contribution in [0.15, 0.2) is 0 Å². The van der Waals surface area contributed by atoms with Gasteiger partial charge in [0.1, 0.15) is 11.7 Å². The van der Waals surface area contributed by atoms with Crippen molar-refractivity contribution in [2.75, 3.05) is 13.1 Å². The highest BCUT2D eigenvalue weighted by atomic mass is 16.4. The van der Waals surface area contributed by atoms with Gasteiger partial charge in [0, 0.05) is 19.5 Å². The lowest BCUT2D eigenvalue weighted by Gasteiger charge is -2.17. The van der Waals surface area contributed by atoms with Gasteiger partial charge in [-0.2, -0.15) is 0 Å². The summed E-state index contributed by atoms with van der Waals surface area (Å²) >= 11 is 0. The Kier molecular flexibility index (Phi) is 2.01. The zero-order valence-corrected chi connectivity index (χ0v) is 5.46. The van der Waals surface area contributed by atoms with Crippen LogP contribution in [0.5, 0.6) is 0 Å². The average molecular weight is 143 g/mol. The van der Waals surface area contributed by atoms with Crippen LogP contribution >= 0.6 is 0 Å². The Morgan fingerprint density at radius 1 is 1.70 bits per heavy atom. The van der Waals surface area contributed by atoms with Crippen LogP contribution in [-0.4, -0.2) is 29.9 Å². The van der Waals surface area contributed by atoms with E-state index in [2.05, 4.69) is 5.32 Å². The molecule has 1 heterocycles. The lowest BCUT2D eigenvalue weighted by Crippen LogP contribution is -2.41. The van der Waals surface area contributed by atoms with Crippen LogP contribution in [0.25, 0.3) is 0 Å². The summed E-state index contributed by atoms with van der Waals surface area (Å²) in [6, 6.07) is 0. The summed E-state index contributed by atoms with van der Waals surface area (Å²) in [5.41, 5.74) is 0. The van der Waals surface area contributed by atoms with E-state index in [1.165, 1.54) is 0 Å². The van der Waals surface area contributed by atoms with Gasteiger partial charge >= 0.3 is 5.97 Å². The van der Waals surface area contributed by atoms with Crippen LogP contribution in [0, 0.1) is 5.92 Å². The van der Waals surface area contributed by atoms with E-state index < -0.39 is 11.9 Å². The molecule has 56 valence electrons. The van der Waals surface area contributed by atoms with Crippen molar-refractivity contribution >= 4 is 11.8 Å². The highest BCUT2D eigenvalue weighted by molar-refractivity contribution is 5.99. The minimum Gasteiger partial charge on any atom is -0.481 e. The molecule has 0 amide bonds. The fourth-order valence-corrected chi connectivity index (χ4v) is 0.971. The van der Waals surface area contributed by atoms with E-state index in [0.29, 0.717) is 13.0 Å². The number of carbonyl (C=O) groups is 2. The number of hydrogen-bond donors (Lipinski definition) is 2. The van der Waals surface area contributed by atoms with Crippen LogP contribution in [0.2, 0.25) is 0 Å². The van der Waals surface area contributed by atoms with E-state index in [1.807, 2.05) is 0 Å². The van der Waals surface area contributed by atoms with Crippen LogP contribution in [0.4, 0.5) is 0 Å². The topological polar surface area (TPSA) is 66.4 Å². The van der Waals surface area contributed by atoms with Crippen molar-refractivity contribution in [3.05, 3.63) is 0 Å². The Hall–Kier alpha value is -0.900. The molecule has 0 radical (unpaired) electrons. The van der Waals surface area contributed by atoms with Gasteiger partial charge in [0.05, 0.1) is 0 Å². The molecule has 1 aliphatic heterocycles. The average Bonchev–Trinajstić information content (AvgIpc) is 1.88. The van der Waals surface area contributed by atoms with E-state index in [0.717, 1.165) is 0 Å². The Labute approximate surface area is 58.2 Å². The number of rotatable bonds is 1. The summed E-state index contributed by atoms with van der Waals surface area (Å²) in [6.07, 6.45) is 0.344.